The van der Waals surface area contributed by atoms with Crippen molar-refractivity contribution in [3.8, 4) is 0 Å². The van der Waals surface area contributed by atoms with Crippen molar-refractivity contribution in [3.05, 3.63) is 68.4 Å². The monoisotopic (exact) mass is 418 g/mol. The molecule has 0 N–H and O–H groups in total. The first-order chi connectivity index (χ1) is 9.58. The Bertz CT molecular complexity index is 569. The first-order valence-corrected chi connectivity index (χ1v) is 8.45. The van der Waals surface area contributed by atoms with Crippen molar-refractivity contribution >= 4 is 43.5 Å². The molecular weight excluding hydrogens is 406 g/mol. The van der Waals surface area contributed by atoms with Crippen molar-refractivity contribution in [2.24, 2.45) is 5.92 Å². The van der Waals surface area contributed by atoms with Crippen LogP contribution in [-0.2, 0) is 12.8 Å². The van der Waals surface area contributed by atoms with E-state index in [0.717, 1.165) is 27.4 Å². The molecule has 4 heteroatoms. The second kappa shape index (κ2) is 7.58. The summed E-state index contributed by atoms with van der Waals surface area (Å²) in [5.74, 6) is 0.690. The van der Waals surface area contributed by atoms with Gasteiger partial charge in [-0.15, -0.1) is 11.6 Å². The number of halogens is 4. The quantitative estimate of drug-likeness (QED) is 0.521. The molecule has 0 saturated heterocycles. The molecule has 0 aliphatic carbocycles. The molecule has 2 aromatic carbocycles. The van der Waals surface area contributed by atoms with E-state index in [1.165, 1.54) is 17.7 Å². The minimum absolute atomic E-state index is 0.226. The minimum atomic E-state index is -0.226. The zero-order chi connectivity index (χ0) is 14.5. The van der Waals surface area contributed by atoms with Crippen LogP contribution in [0.15, 0.2) is 51.4 Å². The summed E-state index contributed by atoms with van der Waals surface area (Å²) in [4.78, 5) is 0. The smallest absolute Gasteiger partial charge is 0.124 e. The molecule has 0 aromatic heterocycles. The van der Waals surface area contributed by atoms with Gasteiger partial charge in [-0.3, -0.25) is 0 Å². The third-order valence-corrected chi connectivity index (χ3v) is 4.88. The SMILES string of the molecule is Fc1ccc(CC(CCl)Cc2ccc(Br)cc2)c(Br)c1. The normalized spacial score (nSPS) is 12.4. The molecule has 0 nitrogen and oxygen atoms in total. The van der Waals surface area contributed by atoms with Crippen molar-refractivity contribution in [1.82, 2.24) is 0 Å². The van der Waals surface area contributed by atoms with Gasteiger partial charge in [-0.05, 0) is 54.2 Å². The Morgan fingerprint density at radius 3 is 2.30 bits per heavy atom. The molecule has 0 spiro atoms. The standard InChI is InChI=1S/C16H14Br2ClF/c17-14-4-1-11(2-5-14)7-12(10-19)8-13-3-6-15(20)9-16(13)18/h1-6,9,12H,7-8,10H2. The molecule has 1 unspecified atom stereocenters. The van der Waals surface area contributed by atoms with Gasteiger partial charge in [-0.1, -0.05) is 50.1 Å². The van der Waals surface area contributed by atoms with E-state index in [-0.39, 0.29) is 5.82 Å². The van der Waals surface area contributed by atoms with Crippen LogP contribution in [0.5, 0.6) is 0 Å². The fourth-order valence-electron chi connectivity index (χ4n) is 2.13. The van der Waals surface area contributed by atoms with E-state index in [1.54, 1.807) is 0 Å². The largest absolute Gasteiger partial charge is 0.207 e. The Morgan fingerprint density at radius 1 is 1.00 bits per heavy atom. The maximum Gasteiger partial charge on any atom is 0.124 e. The molecule has 0 saturated carbocycles. The van der Waals surface area contributed by atoms with Crippen LogP contribution >= 0.6 is 43.5 Å². The van der Waals surface area contributed by atoms with Crippen molar-refractivity contribution < 1.29 is 4.39 Å². The van der Waals surface area contributed by atoms with Gasteiger partial charge in [0.2, 0.25) is 0 Å². The molecule has 2 aromatic rings. The number of alkyl halides is 1. The third kappa shape index (κ3) is 4.57. The van der Waals surface area contributed by atoms with Crippen LogP contribution in [0.1, 0.15) is 11.1 Å². The van der Waals surface area contributed by atoms with E-state index in [0.29, 0.717) is 11.8 Å². The number of rotatable bonds is 5. The lowest BCUT2D eigenvalue weighted by Crippen LogP contribution is -2.10. The van der Waals surface area contributed by atoms with Crippen molar-refractivity contribution in [1.29, 1.82) is 0 Å². The van der Waals surface area contributed by atoms with E-state index in [1.807, 2.05) is 18.2 Å². The fourth-order valence-corrected chi connectivity index (χ4v) is 3.13. The van der Waals surface area contributed by atoms with E-state index in [4.69, 9.17) is 11.6 Å². The zero-order valence-electron chi connectivity index (χ0n) is 10.8. The summed E-state index contributed by atoms with van der Waals surface area (Å²) >= 11 is 12.9. The molecule has 106 valence electrons. The van der Waals surface area contributed by atoms with Crippen LogP contribution < -0.4 is 0 Å². The highest BCUT2D eigenvalue weighted by molar-refractivity contribution is 9.10. The Labute approximate surface area is 140 Å². The van der Waals surface area contributed by atoms with E-state index in [2.05, 4.69) is 44.0 Å². The highest BCUT2D eigenvalue weighted by Crippen LogP contribution is 2.24. The van der Waals surface area contributed by atoms with Gasteiger partial charge in [0.1, 0.15) is 5.82 Å². The van der Waals surface area contributed by atoms with Gasteiger partial charge in [-0.25, -0.2) is 4.39 Å². The lowest BCUT2D eigenvalue weighted by Gasteiger charge is -2.15. The van der Waals surface area contributed by atoms with Gasteiger partial charge in [-0.2, -0.15) is 0 Å². The zero-order valence-corrected chi connectivity index (χ0v) is 14.7. The maximum absolute atomic E-state index is 13.1. The minimum Gasteiger partial charge on any atom is -0.207 e. The number of hydrogen-bond donors (Lipinski definition) is 0. The van der Waals surface area contributed by atoms with Crippen molar-refractivity contribution in [2.45, 2.75) is 12.8 Å². The average Bonchev–Trinajstić information content (AvgIpc) is 2.43. The molecule has 1 atom stereocenters. The molecule has 0 amide bonds. The second-order valence-electron chi connectivity index (χ2n) is 4.79. The predicted molar refractivity (Wildman–Crippen MR) is 89.9 cm³/mol. The van der Waals surface area contributed by atoms with E-state index in [9.17, 15) is 4.39 Å². The molecule has 2 rings (SSSR count). The summed E-state index contributed by atoms with van der Waals surface area (Å²) in [5.41, 5.74) is 2.35. The van der Waals surface area contributed by atoms with Crippen LogP contribution in [0.4, 0.5) is 4.39 Å². The second-order valence-corrected chi connectivity index (χ2v) is 6.87. The van der Waals surface area contributed by atoms with Gasteiger partial charge >= 0.3 is 0 Å². The molecule has 20 heavy (non-hydrogen) atoms. The van der Waals surface area contributed by atoms with Crippen molar-refractivity contribution in [3.63, 3.8) is 0 Å². The van der Waals surface area contributed by atoms with Crippen LogP contribution in [0, 0.1) is 11.7 Å². The highest BCUT2D eigenvalue weighted by Gasteiger charge is 2.12. The van der Waals surface area contributed by atoms with Crippen LogP contribution in [-0.4, -0.2) is 5.88 Å². The molecule has 0 bridgehead atoms. The molecular formula is C16H14Br2ClF. The topological polar surface area (TPSA) is 0 Å². The first kappa shape index (κ1) is 16.0. The predicted octanol–water partition coefficient (Wildman–Crippen LogP) is 5.99. The molecule has 0 radical (unpaired) electrons. The van der Waals surface area contributed by atoms with Gasteiger partial charge in [0, 0.05) is 14.8 Å². The van der Waals surface area contributed by atoms with Crippen LogP contribution in [0.2, 0.25) is 0 Å². The van der Waals surface area contributed by atoms with Crippen molar-refractivity contribution in [2.75, 3.05) is 5.88 Å². The highest BCUT2D eigenvalue weighted by atomic mass is 79.9. The maximum atomic E-state index is 13.1. The number of hydrogen-bond acceptors (Lipinski definition) is 0. The van der Waals surface area contributed by atoms with Gasteiger partial charge < -0.3 is 0 Å². The average molecular weight is 421 g/mol. The van der Waals surface area contributed by atoms with Crippen LogP contribution in [0.3, 0.4) is 0 Å². The lowest BCUT2D eigenvalue weighted by atomic mass is 9.94. The molecule has 0 heterocycles. The first-order valence-electron chi connectivity index (χ1n) is 6.33. The van der Waals surface area contributed by atoms with E-state index >= 15 is 0 Å². The van der Waals surface area contributed by atoms with E-state index < -0.39 is 0 Å². The Morgan fingerprint density at radius 2 is 1.70 bits per heavy atom. The number of benzene rings is 2. The summed E-state index contributed by atoms with van der Waals surface area (Å²) in [6, 6.07) is 13.1. The fraction of sp³-hybridized carbons (Fsp3) is 0.250. The van der Waals surface area contributed by atoms with Crippen LogP contribution in [0.25, 0.3) is 0 Å². The molecule has 0 aliphatic heterocycles. The third-order valence-electron chi connectivity index (χ3n) is 3.18. The van der Waals surface area contributed by atoms with Gasteiger partial charge in [0.15, 0.2) is 0 Å². The lowest BCUT2D eigenvalue weighted by molar-refractivity contribution is 0.579. The van der Waals surface area contributed by atoms with Gasteiger partial charge in [0.05, 0.1) is 0 Å². The summed E-state index contributed by atoms with van der Waals surface area (Å²) in [7, 11) is 0. The summed E-state index contributed by atoms with van der Waals surface area (Å²) in [6.07, 6.45) is 1.75. The Hall–Kier alpha value is -0.380. The molecule has 0 aliphatic rings. The summed E-state index contributed by atoms with van der Waals surface area (Å²) in [5, 5.41) is 0. The Kier molecular flexibility index (Phi) is 6.06. The Balaban J connectivity index is 2.07. The summed E-state index contributed by atoms with van der Waals surface area (Å²) < 4.78 is 15.0. The van der Waals surface area contributed by atoms with Gasteiger partial charge in [0.25, 0.3) is 0 Å². The molecule has 0 fully saturated rings. The summed E-state index contributed by atoms with van der Waals surface area (Å²) in [6.45, 7) is 0.